The van der Waals surface area contributed by atoms with Crippen molar-refractivity contribution in [2.75, 3.05) is 0 Å². The smallest absolute Gasteiger partial charge is 0.217 e. The number of aromatic nitrogens is 2. The van der Waals surface area contributed by atoms with Crippen LogP contribution in [0.25, 0.3) is 16.2 Å². The molecule has 3 aromatic rings. The zero-order valence-corrected chi connectivity index (χ0v) is 12.1. The number of hydrogen-bond acceptors (Lipinski definition) is 3. The van der Waals surface area contributed by atoms with Crippen LogP contribution in [0.4, 0.5) is 0 Å². The van der Waals surface area contributed by atoms with Crippen molar-refractivity contribution in [1.82, 2.24) is 9.38 Å². The van der Waals surface area contributed by atoms with E-state index in [0.29, 0.717) is 17.9 Å². The number of thiazole rings is 1. The predicted octanol–water partition coefficient (Wildman–Crippen LogP) is 3.13. The summed E-state index contributed by atoms with van der Waals surface area (Å²) in [5, 5.41) is 2.72. The van der Waals surface area contributed by atoms with Crippen LogP contribution in [0.5, 0.6) is 0 Å². The lowest BCUT2D eigenvalue weighted by Crippen LogP contribution is -2.11. The van der Waals surface area contributed by atoms with E-state index >= 15 is 0 Å². The van der Waals surface area contributed by atoms with Gasteiger partial charge < -0.3 is 5.73 Å². The highest BCUT2D eigenvalue weighted by molar-refractivity contribution is 7.15. The van der Waals surface area contributed by atoms with E-state index in [4.69, 9.17) is 17.3 Å². The van der Waals surface area contributed by atoms with Crippen LogP contribution in [0.3, 0.4) is 0 Å². The van der Waals surface area contributed by atoms with Crippen LogP contribution in [-0.2, 0) is 11.2 Å². The number of amides is 1. The molecule has 0 unspecified atom stereocenters. The Morgan fingerprint density at radius 3 is 2.80 bits per heavy atom. The number of halogens is 1. The lowest BCUT2D eigenvalue weighted by molar-refractivity contribution is -0.118. The molecule has 0 aliphatic rings. The number of rotatable bonds is 4. The molecule has 3 rings (SSSR count). The Labute approximate surface area is 124 Å². The number of nitrogens with zero attached hydrogens (tertiary/aromatic N) is 2. The first-order valence-electron chi connectivity index (χ1n) is 6.13. The molecule has 4 nitrogen and oxygen atoms in total. The molecule has 2 N–H and O–H groups in total. The number of hydrogen-bond donors (Lipinski definition) is 1. The van der Waals surface area contributed by atoms with Gasteiger partial charge in [-0.25, -0.2) is 4.98 Å². The molecule has 0 saturated heterocycles. The molecule has 2 aromatic heterocycles. The highest BCUT2D eigenvalue weighted by Gasteiger charge is 2.10. The van der Waals surface area contributed by atoms with E-state index in [1.807, 2.05) is 40.2 Å². The first-order valence-corrected chi connectivity index (χ1v) is 7.39. The first kappa shape index (κ1) is 13.1. The van der Waals surface area contributed by atoms with Crippen LogP contribution in [0, 0.1) is 0 Å². The Kier molecular flexibility index (Phi) is 3.46. The Morgan fingerprint density at radius 2 is 2.10 bits per heavy atom. The summed E-state index contributed by atoms with van der Waals surface area (Å²) in [7, 11) is 0. The topological polar surface area (TPSA) is 60.4 Å². The summed E-state index contributed by atoms with van der Waals surface area (Å²) in [5.74, 6) is -0.289. The molecule has 102 valence electrons. The number of carbonyl (C=O) groups excluding carboxylic acids is 1. The van der Waals surface area contributed by atoms with Crippen molar-refractivity contribution in [2.24, 2.45) is 5.73 Å². The molecule has 0 spiro atoms. The quantitative estimate of drug-likeness (QED) is 0.805. The number of fused-ring (bicyclic) bond motifs is 1. The highest BCUT2D eigenvalue weighted by atomic mass is 35.5. The predicted molar refractivity (Wildman–Crippen MR) is 81.0 cm³/mol. The van der Waals surface area contributed by atoms with Crippen molar-refractivity contribution in [3.8, 4) is 11.3 Å². The molecule has 0 atom stereocenters. The normalized spacial score (nSPS) is 11.1. The van der Waals surface area contributed by atoms with Gasteiger partial charge in [0.1, 0.15) is 0 Å². The van der Waals surface area contributed by atoms with Crippen LogP contribution in [-0.4, -0.2) is 15.3 Å². The van der Waals surface area contributed by atoms with E-state index in [0.717, 1.165) is 21.9 Å². The van der Waals surface area contributed by atoms with Crippen molar-refractivity contribution in [3.05, 3.63) is 46.6 Å². The van der Waals surface area contributed by atoms with Crippen molar-refractivity contribution >= 4 is 33.8 Å². The van der Waals surface area contributed by atoms with Gasteiger partial charge in [0.2, 0.25) is 5.91 Å². The molecule has 0 aliphatic carbocycles. The van der Waals surface area contributed by atoms with E-state index in [1.54, 1.807) is 11.3 Å². The fourth-order valence-electron chi connectivity index (χ4n) is 2.02. The van der Waals surface area contributed by atoms with Crippen molar-refractivity contribution in [2.45, 2.75) is 12.8 Å². The average Bonchev–Trinajstić information content (AvgIpc) is 2.97. The highest BCUT2D eigenvalue weighted by Crippen LogP contribution is 2.25. The molecule has 0 aliphatic heterocycles. The van der Waals surface area contributed by atoms with Gasteiger partial charge in [0.15, 0.2) is 4.96 Å². The minimum atomic E-state index is -0.289. The Balaban J connectivity index is 1.94. The molecule has 2 heterocycles. The van der Waals surface area contributed by atoms with Crippen LogP contribution < -0.4 is 5.73 Å². The number of carbonyl (C=O) groups is 1. The largest absolute Gasteiger partial charge is 0.370 e. The van der Waals surface area contributed by atoms with E-state index in [9.17, 15) is 4.79 Å². The van der Waals surface area contributed by atoms with E-state index in [2.05, 4.69) is 4.98 Å². The molecule has 0 bridgehead atoms. The molecule has 1 aromatic carbocycles. The van der Waals surface area contributed by atoms with Gasteiger partial charge in [-0.3, -0.25) is 9.20 Å². The summed E-state index contributed by atoms with van der Waals surface area (Å²) in [6.07, 6.45) is 2.96. The fourth-order valence-corrected chi connectivity index (χ4v) is 3.05. The van der Waals surface area contributed by atoms with Gasteiger partial charge in [0.05, 0.1) is 5.69 Å². The molecular weight excluding hydrogens is 294 g/mol. The van der Waals surface area contributed by atoms with Gasteiger partial charge in [-0.05, 0) is 18.6 Å². The maximum atomic E-state index is 10.9. The second-order valence-corrected chi connectivity index (χ2v) is 5.75. The molecule has 0 radical (unpaired) electrons. The minimum absolute atomic E-state index is 0.289. The summed E-state index contributed by atoms with van der Waals surface area (Å²) in [4.78, 5) is 16.4. The maximum absolute atomic E-state index is 10.9. The van der Waals surface area contributed by atoms with Gasteiger partial charge in [-0.1, -0.05) is 23.7 Å². The number of nitrogens with two attached hydrogens (primary N) is 1. The van der Waals surface area contributed by atoms with Crippen LogP contribution in [0.1, 0.15) is 12.1 Å². The fraction of sp³-hybridized carbons (Fsp3) is 0.143. The third-order valence-electron chi connectivity index (χ3n) is 3.05. The Bertz CT molecular complexity index is 760. The van der Waals surface area contributed by atoms with Crippen molar-refractivity contribution in [1.29, 1.82) is 0 Å². The van der Waals surface area contributed by atoms with E-state index in [1.165, 1.54) is 0 Å². The molecule has 0 fully saturated rings. The van der Waals surface area contributed by atoms with Gasteiger partial charge in [-0.15, -0.1) is 11.3 Å². The summed E-state index contributed by atoms with van der Waals surface area (Å²) >= 11 is 7.44. The number of imidazole rings is 1. The standard InChI is InChI=1S/C14H12ClN3OS/c15-10-3-1-9(2-4-10)12-7-18-11(5-6-13(16)19)8-20-14(18)17-12/h1-4,7-8H,5-6H2,(H2,16,19). The molecule has 20 heavy (non-hydrogen) atoms. The molecular formula is C14H12ClN3OS. The SMILES string of the molecule is NC(=O)CCc1csc2nc(-c3ccc(Cl)cc3)cn12. The first-order chi connectivity index (χ1) is 9.63. The zero-order valence-electron chi connectivity index (χ0n) is 10.5. The monoisotopic (exact) mass is 305 g/mol. The number of aryl methyl sites for hydroxylation is 1. The van der Waals surface area contributed by atoms with E-state index < -0.39 is 0 Å². The van der Waals surface area contributed by atoms with E-state index in [-0.39, 0.29) is 5.91 Å². The van der Waals surface area contributed by atoms with Crippen molar-refractivity contribution < 1.29 is 4.79 Å². The molecule has 1 amide bonds. The second-order valence-electron chi connectivity index (χ2n) is 4.48. The molecule has 6 heteroatoms. The molecule has 0 saturated carbocycles. The third-order valence-corrected chi connectivity index (χ3v) is 4.19. The summed E-state index contributed by atoms with van der Waals surface area (Å²) < 4.78 is 2.01. The summed E-state index contributed by atoms with van der Waals surface area (Å²) in [6, 6.07) is 7.58. The average molecular weight is 306 g/mol. The van der Waals surface area contributed by atoms with Gasteiger partial charge >= 0.3 is 0 Å². The second kappa shape index (κ2) is 5.26. The number of primary amides is 1. The Morgan fingerprint density at radius 1 is 1.35 bits per heavy atom. The zero-order chi connectivity index (χ0) is 14.1. The van der Waals surface area contributed by atoms with Crippen LogP contribution in [0.2, 0.25) is 5.02 Å². The Hall–Kier alpha value is -1.85. The lowest BCUT2D eigenvalue weighted by atomic mass is 10.2. The lowest BCUT2D eigenvalue weighted by Gasteiger charge is -1.97. The minimum Gasteiger partial charge on any atom is -0.370 e. The van der Waals surface area contributed by atoms with Crippen LogP contribution >= 0.6 is 22.9 Å². The van der Waals surface area contributed by atoms with Gasteiger partial charge in [0.25, 0.3) is 0 Å². The summed E-state index contributed by atoms with van der Waals surface area (Å²) in [5.41, 5.74) is 8.16. The van der Waals surface area contributed by atoms with Gasteiger partial charge in [-0.2, -0.15) is 0 Å². The van der Waals surface area contributed by atoms with Crippen molar-refractivity contribution in [3.63, 3.8) is 0 Å². The number of benzene rings is 1. The summed E-state index contributed by atoms with van der Waals surface area (Å²) in [6.45, 7) is 0. The van der Waals surface area contributed by atoms with Gasteiger partial charge in [0, 0.05) is 34.3 Å². The van der Waals surface area contributed by atoms with Crippen LogP contribution in [0.15, 0.2) is 35.8 Å². The maximum Gasteiger partial charge on any atom is 0.217 e. The third kappa shape index (κ3) is 2.55.